The Morgan fingerprint density at radius 3 is 2.96 bits per heavy atom. The molecule has 0 unspecified atom stereocenters. The second-order valence-corrected chi connectivity index (χ2v) is 7.93. The number of hydrogen-bond acceptors (Lipinski definition) is 5. The van der Waals surface area contributed by atoms with Gasteiger partial charge in [0.05, 0.1) is 22.6 Å². The molecule has 1 aromatic rings. The third kappa shape index (κ3) is 3.30. The van der Waals surface area contributed by atoms with Crippen LogP contribution in [-0.4, -0.2) is 33.8 Å². The van der Waals surface area contributed by atoms with E-state index in [-0.39, 0.29) is 17.8 Å². The molecule has 2 aliphatic heterocycles. The average Bonchev–Trinajstić information content (AvgIpc) is 2.85. The Balaban J connectivity index is 2.13. The molecular weight excluding hydrogens is 404 g/mol. The van der Waals surface area contributed by atoms with E-state index in [0.717, 1.165) is 10.0 Å². The van der Waals surface area contributed by atoms with Crippen LogP contribution in [0.1, 0.15) is 25.5 Å². The molecule has 5 nitrogen and oxygen atoms in total. The highest BCUT2D eigenvalue weighted by atomic mass is 79.9. The molecule has 0 aliphatic carbocycles. The Hall–Kier alpha value is -1.86. The number of rotatable bonds is 4. The number of fused-ring (bicyclic) bond motifs is 1. The number of amides is 1. The maximum atomic E-state index is 12.7. The van der Waals surface area contributed by atoms with Crippen LogP contribution in [0.2, 0.25) is 0 Å². The van der Waals surface area contributed by atoms with E-state index in [1.807, 2.05) is 31.2 Å². The number of carbonyl (C=O) groups is 2. The van der Waals surface area contributed by atoms with Gasteiger partial charge in [0.2, 0.25) is 5.91 Å². The van der Waals surface area contributed by atoms with E-state index >= 15 is 0 Å². The molecule has 0 bridgehead atoms. The molecule has 130 valence electrons. The SMILES string of the molecule is C=CCOC(=O)C1=C(C)N=C2S[C@H](C)C(=O)N2[C@@H]1c1cccc(Br)c1. The van der Waals surface area contributed by atoms with Gasteiger partial charge in [0, 0.05) is 4.47 Å². The summed E-state index contributed by atoms with van der Waals surface area (Å²) in [5.74, 6) is -0.544. The van der Waals surface area contributed by atoms with Crippen LogP contribution in [-0.2, 0) is 14.3 Å². The normalized spacial score (nSPS) is 22.6. The largest absolute Gasteiger partial charge is 0.458 e. The van der Waals surface area contributed by atoms with Crippen LogP contribution in [0.15, 0.2) is 57.7 Å². The number of aliphatic imine (C=N–C) groups is 1. The zero-order valence-electron chi connectivity index (χ0n) is 13.9. The summed E-state index contributed by atoms with van der Waals surface area (Å²) in [5.41, 5.74) is 1.78. The minimum atomic E-state index is -0.549. The number of esters is 1. The van der Waals surface area contributed by atoms with Gasteiger partial charge in [-0.2, -0.15) is 0 Å². The fraction of sp³-hybridized carbons (Fsp3) is 0.278. The lowest BCUT2D eigenvalue weighted by Crippen LogP contribution is -2.40. The summed E-state index contributed by atoms with van der Waals surface area (Å²) in [4.78, 5) is 31.5. The van der Waals surface area contributed by atoms with E-state index in [1.54, 1.807) is 11.8 Å². The second kappa shape index (κ2) is 7.17. The highest BCUT2D eigenvalue weighted by molar-refractivity contribution is 9.10. The predicted molar refractivity (Wildman–Crippen MR) is 102 cm³/mol. The molecule has 2 aliphatic rings. The topological polar surface area (TPSA) is 59.0 Å². The standard InChI is InChI=1S/C18H17BrN2O3S/c1-4-8-24-17(23)14-10(2)20-18-21(16(22)11(3)25-18)15(14)12-6-5-7-13(19)9-12/h4-7,9,11,15H,1,8H2,2-3H3/t11-,15-/m1/s1. The van der Waals surface area contributed by atoms with Gasteiger partial charge in [-0.1, -0.05) is 52.5 Å². The number of allylic oxidation sites excluding steroid dienone is 1. The van der Waals surface area contributed by atoms with Gasteiger partial charge in [-0.25, -0.2) is 9.79 Å². The van der Waals surface area contributed by atoms with Crippen molar-refractivity contribution in [2.45, 2.75) is 25.1 Å². The molecule has 0 radical (unpaired) electrons. The Morgan fingerprint density at radius 2 is 2.28 bits per heavy atom. The van der Waals surface area contributed by atoms with E-state index in [2.05, 4.69) is 27.5 Å². The fourth-order valence-electron chi connectivity index (χ4n) is 2.87. The van der Waals surface area contributed by atoms with Gasteiger partial charge in [-0.05, 0) is 31.5 Å². The average molecular weight is 421 g/mol. The highest BCUT2D eigenvalue weighted by Gasteiger charge is 2.46. The molecule has 7 heteroatoms. The van der Waals surface area contributed by atoms with Crippen LogP contribution in [0.5, 0.6) is 0 Å². The summed E-state index contributed by atoms with van der Waals surface area (Å²) < 4.78 is 6.13. The number of thioether (sulfide) groups is 1. The summed E-state index contributed by atoms with van der Waals surface area (Å²) in [6, 6.07) is 7.03. The maximum absolute atomic E-state index is 12.7. The maximum Gasteiger partial charge on any atom is 0.338 e. The van der Waals surface area contributed by atoms with Gasteiger partial charge in [-0.15, -0.1) is 0 Å². The summed E-state index contributed by atoms with van der Waals surface area (Å²) in [5, 5.41) is 0.394. The first kappa shape index (κ1) is 17.9. The first-order valence-corrected chi connectivity index (χ1v) is 9.44. The molecule has 2 heterocycles. The van der Waals surface area contributed by atoms with Crippen LogP contribution in [0.4, 0.5) is 0 Å². The van der Waals surface area contributed by atoms with E-state index in [0.29, 0.717) is 16.4 Å². The van der Waals surface area contributed by atoms with Gasteiger partial charge in [-0.3, -0.25) is 9.69 Å². The van der Waals surface area contributed by atoms with Crippen molar-refractivity contribution in [3.8, 4) is 0 Å². The lowest BCUT2D eigenvalue weighted by molar-refractivity contribution is -0.139. The first-order valence-electron chi connectivity index (χ1n) is 7.76. The molecule has 25 heavy (non-hydrogen) atoms. The minimum absolute atomic E-state index is 0.0600. The van der Waals surface area contributed by atoms with Crippen LogP contribution in [0, 0.1) is 0 Å². The Kier molecular flexibility index (Phi) is 5.15. The number of hydrogen-bond donors (Lipinski definition) is 0. The van der Waals surface area contributed by atoms with Gasteiger partial charge in [0.15, 0.2) is 5.17 Å². The molecule has 0 spiro atoms. The van der Waals surface area contributed by atoms with Gasteiger partial charge in [0.25, 0.3) is 0 Å². The van der Waals surface area contributed by atoms with E-state index < -0.39 is 12.0 Å². The number of amidine groups is 1. The molecule has 0 aromatic heterocycles. The highest BCUT2D eigenvalue weighted by Crippen LogP contribution is 2.43. The zero-order chi connectivity index (χ0) is 18.1. The Labute approximate surface area is 159 Å². The van der Waals surface area contributed by atoms with Crippen molar-refractivity contribution >= 4 is 44.7 Å². The van der Waals surface area contributed by atoms with E-state index in [9.17, 15) is 9.59 Å². The molecule has 1 saturated heterocycles. The van der Waals surface area contributed by atoms with Crippen LogP contribution in [0.25, 0.3) is 0 Å². The summed E-state index contributed by atoms with van der Waals surface area (Å²) >= 11 is 4.87. The smallest absolute Gasteiger partial charge is 0.338 e. The molecule has 2 atom stereocenters. The molecular formula is C18H17BrN2O3S. The van der Waals surface area contributed by atoms with Crippen molar-refractivity contribution in [3.05, 3.63) is 58.2 Å². The van der Waals surface area contributed by atoms with E-state index in [4.69, 9.17) is 4.74 Å². The van der Waals surface area contributed by atoms with Crippen molar-refractivity contribution in [1.82, 2.24) is 4.90 Å². The zero-order valence-corrected chi connectivity index (χ0v) is 16.3. The number of carbonyl (C=O) groups excluding carboxylic acids is 2. The minimum Gasteiger partial charge on any atom is -0.458 e. The molecule has 1 aromatic carbocycles. The molecule has 0 N–H and O–H groups in total. The monoisotopic (exact) mass is 420 g/mol. The van der Waals surface area contributed by atoms with Crippen molar-refractivity contribution in [3.63, 3.8) is 0 Å². The number of halogens is 1. The van der Waals surface area contributed by atoms with Crippen molar-refractivity contribution in [2.75, 3.05) is 6.61 Å². The second-order valence-electron chi connectivity index (χ2n) is 5.71. The molecule has 0 saturated carbocycles. The lowest BCUT2D eigenvalue weighted by Gasteiger charge is -2.33. The van der Waals surface area contributed by atoms with Crippen molar-refractivity contribution in [1.29, 1.82) is 0 Å². The predicted octanol–water partition coefficient (Wildman–Crippen LogP) is 3.83. The Morgan fingerprint density at radius 1 is 1.52 bits per heavy atom. The third-order valence-corrected chi connectivity index (χ3v) is 5.52. The van der Waals surface area contributed by atoms with Crippen molar-refractivity contribution < 1.29 is 14.3 Å². The van der Waals surface area contributed by atoms with Crippen LogP contribution < -0.4 is 0 Å². The number of nitrogens with zero attached hydrogens (tertiary/aromatic N) is 2. The van der Waals surface area contributed by atoms with Crippen molar-refractivity contribution in [2.24, 2.45) is 4.99 Å². The fourth-order valence-corrected chi connectivity index (χ4v) is 4.31. The van der Waals surface area contributed by atoms with Gasteiger partial charge >= 0.3 is 5.97 Å². The van der Waals surface area contributed by atoms with Crippen LogP contribution in [0.3, 0.4) is 0 Å². The lowest BCUT2D eigenvalue weighted by atomic mass is 9.94. The summed E-state index contributed by atoms with van der Waals surface area (Å²) in [6.07, 6.45) is 1.51. The Bertz CT molecular complexity index is 818. The van der Waals surface area contributed by atoms with Crippen LogP contribution >= 0.6 is 27.7 Å². The van der Waals surface area contributed by atoms with Gasteiger partial charge in [0.1, 0.15) is 6.61 Å². The molecule has 1 fully saturated rings. The number of benzene rings is 1. The van der Waals surface area contributed by atoms with Gasteiger partial charge < -0.3 is 4.74 Å². The quantitative estimate of drug-likeness (QED) is 0.548. The molecule has 1 amide bonds. The first-order chi connectivity index (χ1) is 11.9. The molecule has 3 rings (SSSR count). The number of ether oxygens (including phenoxy) is 1. The third-order valence-electron chi connectivity index (χ3n) is 3.97. The van der Waals surface area contributed by atoms with E-state index in [1.165, 1.54) is 17.8 Å². The summed E-state index contributed by atoms with van der Waals surface area (Å²) in [6.45, 7) is 7.29. The summed E-state index contributed by atoms with van der Waals surface area (Å²) in [7, 11) is 0.